The first kappa shape index (κ1) is 13.4. The number of rotatable bonds is 7. The number of nitrogens with one attached hydrogen (secondary N) is 2. The van der Waals surface area contributed by atoms with Gasteiger partial charge >= 0.3 is 6.09 Å². The summed E-state index contributed by atoms with van der Waals surface area (Å²) in [7, 11) is 0. The zero-order valence-corrected chi connectivity index (χ0v) is 8.79. The summed E-state index contributed by atoms with van der Waals surface area (Å²) in [4.78, 5) is 21.5. The first-order valence-corrected chi connectivity index (χ1v) is 4.62. The van der Waals surface area contributed by atoms with Gasteiger partial charge in [-0.25, -0.2) is 4.79 Å². The number of nitrogens with two attached hydrogens (primary N) is 1. The lowest BCUT2D eigenvalue weighted by atomic mass is 10.3. The van der Waals surface area contributed by atoms with Gasteiger partial charge < -0.3 is 21.1 Å². The molecular weight excluding hydrogens is 198 g/mol. The second-order valence-electron chi connectivity index (χ2n) is 2.88. The predicted octanol–water partition coefficient (Wildman–Crippen LogP) is -0.638. The van der Waals surface area contributed by atoms with E-state index in [1.54, 1.807) is 13.0 Å². The van der Waals surface area contributed by atoms with Gasteiger partial charge in [0, 0.05) is 13.1 Å². The molecule has 0 fully saturated rings. The van der Waals surface area contributed by atoms with Gasteiger partial charge in [-0.2, -0.15) is 0 Å². The van der Waals surface area contributed by atoms with E-state index in [-0.39, 0.29) is 18.6 Å². The number of ether oxygens (including phenoxy) is 1. The molecule has 0 radical (unpaired) electrons. The molecule has 0 aromatic rings. The van der Waals surface area contributed by atoms with Crippen LogP contribution in [0.3, 0.4) is 0 Å². The van der Waals surface area contributed by atoms with Crippen LogP contribution < -0.4 is 16.4 Å². The molecule has 0 spiro atoms. The van der Waals surface area contributed by atoms with E-state index in [1.807, 2.05) is 0 Å². The van der Waals surface area contributed by atoms with Crippen LogP contribution in [0.25, 0.3) is 0 Å². The van der Waals surface area contributed by atoms with Crippen molar-refractivity contribution in [2.45, 2.75) is 13.0 Å². The van der Waals surface area contributed by atoms with Gasteiger partial charge in [-0.3, -0.25) is 4.79 Å². The Morgan fingerprint density at radius 1 is 1.60 bits per heavy atom. The lowest BCUT2D eigenvalue weighted by molar-refractivity contribution is -0.122. The Morgan fingerprint density at radius 3 is 2.80 bits per heavy atom. The Bertz CT molecular complexity index is 231. The normalized spacial score (nSPS) is 11.5. The van der Waals surface area contributed by atoms with Crippen LogP contribution in [0, 0.1) is 0 Å². The van der Waals surface area contributed by atoms with Gasteiger partial charge in [-0.1, -0.05) is 6.08 Å². The minimum atomic E-state index is -0.819. The molecular formula is C9H17N3O3. The molecule has 1 unspecified atom stereocenters. The van der Waals surface area contributed by atoms with Gasteiger partial charge in [0.25, 0.3) is 0 Å². The van der Waals surface area contributed by atoms with Crippen molar-refractivity contribution in [1.82, 2.24) is 10.6 Å². The topological polar surface area (TPSA) is 93.4 Å². The van der Waals surface area contributed by atoms with Crippen LogP contribution in [-0.4, -0.2) is 37.7 Å². The van der Waals surface area contributed by atoms with E-state index in [2.05, 4.69) is 21.9 Å². The summed E-state index contributed by atoms with van der Waals surface area (Å²) in [5, 5.41) is 5.50. The molecule has 0 saturated heterocycles. The van der Waals surface area contributed by atoms with Gasteiger partial charge in [0.2, 0.25) is 5.91 Å². The van der Waals surface area contributed by atoms with Crippen molar-refractivity contribution in [3.8, 4) is 0 Å². The summed E-state index contributed by atoms with van der Waals surface area (Å²) in [6, 6.07) is -0.346. The van der Waals surface area contributed by atoms with Crippen LogP contribution in [0.5, 0.6) is 0 Å². The minimum Gasteiger partial charge on any atom is -0.448 e. The van der Waals surface area contributed by atoms with Crippen LogP contribution in [0.4, 0.5) is 4.79 Å². The molecule has 1 atom stereocenters. The maximum absolute atomic E-state index is 11.3. The monoisotopic (exact) mass is 215 g/mol. The molecule has 0 heterocycles. The molecule has 86 valence electrons. The van der Waals surface area contributed by atoms with Gasteiger partial charge in [0.1, 0.15) is 6.61 Å². The Hall–Kier alpha value is -1.56. The number of primary amides is 1. The van der Waals surface area contributed by atoms with E-state index in [0.717, 1.165) is 0 Å². The van der Waals surface area contributed by atoms with Crippen LogP contribution in [-0.2, 0) is 9.53 Å². The van der Waals surface area contributed by atoms with Crippen molar-refractivity contribution in [3.63, 3.8) is 0 Å². The molecule has 0 aliphatic heterocycles. The zero-order valence-electron chi connectivity index (χ0n) is 8.79. The highest BCUT2D eigenvalue weighted by atomic mass is 16.5. The van der Waals surface area contributed by atoms with Gasteiger partial charge in [-0.15, -0.1) is 6.58 Å². The smallest absolute Gasteiger partial charge is 0.404 e. The molecule has 0 rings (SSSR count). The molecule has 0 aliphatic rings. The van der Waals surface area contributed by atoms with E-state index < -0.39 is 6.09 Å². The van der Waals surface area contributed by atoms with Crippen LogP contribution in [0.2, 0.25) is 0 Å². The largest absolute Gasteiger partial charge is 0.448 e. The molecule has 0 aromatic carbocycles. The molecule has 0 aromatic heterocycles. The van der Waals surface area contributed by atoms with E-state index in [9.17, 15) is 9.59 Å². The highest BCUT2D eigenvalue weighted by Crippen LogP contribution is 1.82. The third-order valence-electron chi connectivity index (χ3n) is 1.61. The summed E-state index contributed by atoms with van der Waals surface area (Å²) in [5.74, 6) is -0.131. The number of amides is 2. The van der Waals surface area contributed by atoms with Crippen molar-refractivity contribution in [1.29, 1.82) is 0 Å². The Labute approximate surface area is 88.8 Å². The van der Waals surface area contributed by atoms with Crippen LogP contribution in [0.1, 0.15) is 6.92 Å². The predicted molar refractivity (Wildman–Crippen MR) is 56.2 cm³/mol. The fourth-order valence-corrected chi connectivity index (χ4v) is 0.846. The van der Waals surface area contributed by atoms with Crippen LogP contribution in [0.15, 0.2) is 12.7 Å². The number of carbonyl (C=O) groups excluding carboxylic acids is 2. The molecule has 6 nitrogen and oxygen atoms in total. The third kappa shape index (κ3) is 7.51. The maximum Gasteiger partial charge on any atom is 0.404 e. The number of hydrogen-bond acceptors (Lipinski definition) is 4. The summed E-state index contributed by atoms with van der Waals surface area (Å²) in [6.07, 6.45) is 0.779. The van der Waals surface area contributed by atoms with Gasteiger partial charge in [0.15, 0.2) is 0 Å². The van der Waals surface area contributed by atoms with Crippen molar-refractivity contribution < 1.29 is 14.3 Å². The van der Waals surface area contributed by atoms with E-state index in [1.165, 1.54) is 0 Å². The summed E-state index contributed by atoms with van der Waals surface area (Å²) < 4.78 is 4.48. The van der Waals surface area contributed by atoms with Crippen LogP contribution >= 0.6 is 0 Å². The molecule has 0 saturated carbocycles. The Kier molecular flexibility index (Phi) is 7.00. The highest BCUT2D eigenvalue weighted by molar-refractivity contribution is 5.81. The Morgan fingerprint density at radius 2 is 2.27 bits per heavy atom. The Balaban J connectivity index is 3.54. The second-order valence-corrected chi connectivity index (χ2v) is 2.88. The number of hydrogen-bond donors (Lipinski definition) is 3. The quantitative estimate of drug-likeness (QED) is 0.389. The van der Waals surface area contributed by atoms with E-state index in [0.29, 0.717) is 13.1 Å². The molecule has 2 amide bonds. The van der Waals surface area contributed by atoms with Crippen molar-refractivity contribution in [3.05, 3.63) is 12.7 Å². The average Bonchev–Trinajstić information content (AvgIpc) is 2.20. The fourth-order valence-electron chi connectivity index (χ4n) is 0.846. The van der Waals surface area contributed by atoms with Gasteiger partial charge in [-0.05, 0) is 6.92 Å². The average molecular weight is 215 g/mol. The fraction of sp³-hybridized carbons (Fsp3) is 0.556. The highest BCUT2D eigenvalue weighted by Gasteiger charge is 2.10. The van der Waals surface area contributed by atoms with E-state index >= 15 is 0 Å². The molecule has 6 heteroatoms. The molecule has 0 bridgehead atoms. The van der Waals surface area contributed by atoms with Crippen molar-refractivity contribution >= 4 is 12.0 Å². The lowest BCUT2D eigenvalue weighted by Gasteiger charge is -2.12. The first-order valence-electron chi connectivity index (χ1n) is 4.62. The standard InChI is InChI=1S/C9H17N3O3/c1-3-4-12-8(13)7(2)11-5-6-15-9(10)14/h3,7,11H,1,4-6H2,2H3,(H2,10,14)(H,12,13). The molecule has 0 aliphatic carbocycles. The van der Waals surface area contributed by atoms with Crippen molar-refractivity contribution in [2.24, 2.45) is 5.73 Å². The lowest BCUT2D eigenvalue weighted by Crippen LogP contribution is -2.43. The third-order valence-corrected chi connectivity index (χ3v) is 1.61. The zero-order chi connectivity index (χ0) is 11.7. The van der Waals surface area contributed by atoms with Crippen molar-refractivity contribution in [2.75, 3.05) is 19.7 Å². The molecule has 15 heavy (non-hydrogen) atoms. The molecule has 4 N–H and O–H groups in total. The summed E-state index contributed by atoms with van der Waals surface area (Å²) in [5.41, 5.74) is 4.76. The van der Waals surface area contributed by atoms with E-state index in [4.69, 9.17) is 5.73 Å². The number of carbonyl (C=O) groups is 2. The van der Waals surface area contributed by atoms with Gasteiger partial charge in [0.05, 0.1) is 6.04 Å². The first-order chi connectivity index (χ1) is 7.07. The summed E-state index contributed by atoms with van der Waals surface area (Å²) >= 11 is 0. The minimum absolute atomic E-state index is 0.131. The maximum atomic E-state index is 11.3. The SMILES string of the molecule is C=CCNC(=O)C(C)NCCOC(N)=O. The summed E-state index contributed by atoms with van der Waals surface area (Å²) in [6.45, 7) is 6.15. The second kappa shape index (κ2) is 7.81.